The molecule has 3 heteroatoms. The molecule has 0 aliphatic rings. The fourth-order valence-electron chi connectivity index (χ4n) is 4.13. The number of carbonyl (C=O) groups is 1. The first-order valence-electron chi connectivity index (χ1n) is 13.3. The molecule has 0 aliphatic heterocycles. The molecule has 0 saturated carbocycles. The summed E-state index contributed by atoms with van der Waals surface area (Å²) in [7, 11) is 0. The van der Waals surface area contributed by atoms with Crippen LogP contribution in [-0.2, 0) is 6.61 Å². The Bertz CT molecular complexity index is 744. The third-order valence-electron chi connectivity index (χ3n) is 6.18. The summed E-state index contributed by atoms with van der Waals surface area (Å²) in [5.74, 6) is 0.591. The van der Waals surface area contributed by atoms with Crippen molar-refractivity contribution >= 4 is 5.91 Å². The van der Waals surface area contributed by atoms with Gasteiger partial charge >= 0.3 is 0 Å². The van der Waals surface area contributed by atoms with E-state index in [1.54, 1.807) is 0 Å². The Labute approximate surface area is 202 Å². The summed E-state index contributed by atoms with van der Waals surface area (Å²) in [4.78, 5) is 12.6. The SMILES string of the molecule is CCCCCCCCCCCCCCCCNC(=O)c1ccccc1OCc1ccccc1. The van der Waals surface area contributed by atoms with Crippen molar-refractivity contribution in [1.82, 2.24) is 5.32 Å². The highest BCUT2D eigenvalue weighted by Gasteiger charge is 2.11. The first-order valence-corrected chi connectivity index (χ1v) is 13.3. The maximum Gasteiger partial charge on any atom is 0.255 e. The van der Waals surface area contributed by atoms with Crippen molar-refractivity contribution in [2.24, 2.45) is 0 Å². The van der Waals surface area contributed by atoms with Gasteiger partial charge in [-0.05, 0) is 24.1 Å². The highest BCUT2D eigenvalue weighted by Crippen LogP contribution is 2.19. The smallest absolute Gasteiger partial charge is 0.255 e. The van der Waals surface area contributed by atoms with Crippen molar-refractivity contribution in [2.45, 2.75) is 103 Å². The lowest BCUT2D eigenvalue weighted by Gasteiger charge is -2.12. The van der Waals surface area contributed by atoms with E-state index in [1.165, 1.54) is 83.5 Å². The largest absolute Gasteiger partial charge is 0.488 e. The van der Waals surface area contributed by atoms with Gasteiger partial charge in [0.2, 0.25) is 0 Å². The molecule has 33 heavy (non-hydrogen) atoms. The van der Waals surface area contributed by atoms with Crippen LogP contribution in [0.15, 0.2) is 54.6 Å². The predicted octanol–water partition coefficient (Wildman–Crippen LogP) is 8.48. The Morgan fingerprint density at radius 1 is 0.667 bits per heavy atom. The van der Waals surface area contributed by atoms with Crippen LogP contribution in [0.5, 0.6) is 5.75 Å². The Kier molecular flexibility index (Phi) is 14.8. The maximum absolute atomic E-state index is 12.6. The molecule has 2 aromatic rings. The summed E-state index contributed by atoms with van der Waals surface area (Å²) in [5.41, 5.74) is 1.70. The molecule has 0 aliphatic carbocycles. The normalized spacial score (nSPS) is 10.8. The standard InChI is InChI=1S/C30H45NO2/c1-2-3-4-5-6-7-8-9-10-11-12-13-14-20-25-31-30(32)28-23-18-19-24-29(28)33-26-27-21-16-15-17-22-27/h15-19,21-24H,2-14,20,25-26H2,1H3,(H,31,32). The lowest BCUT2D eigenvalue weighted by molar-refractivity contribution is 0.0948. The number of ether oxygens (including phenoxy) is 1. The van der Waals surface area contributed by atoms with Crippen LogP contribution in [0, 0.1) is 0 Å². The Morgan fingerprint density at radius 2 is 1.18 bits per heavy atom. The summed E-state index contributed by atoms with van der Waals surface area (Å²) in [5, 5.41) is 3.06. The van der Waals surface area contributed by atoms with Gasteiger partial charge in [-0.3, -0.25) is 4.79 Å². The molecule has 2 aromatic carbocycles. The second-order valence-electron chi connectivity index (χ2n) is 9.12. The highest BCUT2D eigenvalue weighted by molar-refractivity contribution is 5.96. The molecule has 0 heterocycles. The summed E-state index contributed by atoms with van der Waals surface area (Å²) in [6, 6.07) is 17.5. The van der Waals surface area contributed by atoms with E-state index in [9.17, 15) is 4.79 Å². The van der Waals surface area contributed by atoms with Crippen LogP contribution in [0.2, 0.25) is 0 Å². The van der Waals surface area contributed by atoms with Gasteiger partial charge in [0.25, 0.3) is 5.91 Å². The van der Waals surface area contributed by atoms with Gasteiger partial charge in [-0.25, -0.2) is 0 Å². The van der Waals surface area contributed by atoms with Gasteiger partial charge in [-0.15, -0.1) is 0 Å². The zero-order chi connectivity index (χ0) is 23.4. The highest BCUT2D eigenvalue weighted by atomic mass is 16.5. The third kappa shape index (κ3) is 12.5. The molecule has 182 valence electrons. The van der Waals surface area contributed by atoms with Crippen LogP contribution in [-0.4, -0.2) is 12.5 Å². The average molecular weight is 452 g/mol. The van der Waals surface area contributed by atoms with Crippen molar-refractivity contribution < 1.29 is 9.53 Å². The van der Waals surface area contributed by atoms with E-state index in [2.05, 4.69) is 12.2 Å². The van der Waals surface area contributed by atoms with Crippen molar-refractivity contribution in [1.29, 1.82) is 0 Å². The fourth-order valence-corrected chi connectivity index (χ4v) is 4.13. The van der Waals surface area contributed by atoms with E-state index in [0.717, 1.165) is 18.5 Å². The first-order chi connectivity index (χ1) is 16.3. The second-order valence-corrected chi connectivity index (χ2v) is 9.12. The summed E-state index contributed by atoms with van der Waals surface area (Å²) in [6.45, 7) is 3.47. The third-order valence-corrected chi connectivity index (χ3v) is 6.18. The van der Waals surface area contributed by atoms with E-state index in [1.807, 2.05) is 54.6 Å². The molecule has 0 aromatic heterocycles. The van der Waals surface area contributed by atoms with Crippen molar-refractivity contribution in [3.8, 4) is 5.75 Å². The number of hydrogen-bond donors (Lipinski definition) is 1. The summed E-state index contributed by atoms with van der Waals surface area (Å²) >= 11 is 0. The van der Waals surface area contributed by atoms with E-state index >= 15 is 0 Å². The van der Waals surface area contributed by atoms with Crippen molar-refractivity contribution in [3.05, 3.63) is 65.7 Å². The van der Waals surface area contributed by atoms with Crippen LogP contribution in [0.3, 0.4) is 0 Å². The molecule has 0 spiro atoms. The molecule has 0 radical (unpaired) electrons. The monoisotopic (exact) mass is 451 g/mol. The zero-order valence-corrected chi connectivity index (χ0v) is 20.8. The number of hydrogen-bond acceptors (Lipinski definition) is 2. The Balaban J connectivity index is 1.49. The lowest BCUT2D eigenvalue weighted by atomic mass is 10.0. The number of carbonyl (C=O) groups excluding carboxylic acids is 1. The van der Waals surface area contributed by atoms with Gasteiger partial charge in [0.05, 0.1) is 5.56 Å². The van der Waals surface area contributed by atoms with Gasteiger partial charge in [-0.2, -0.15) is 0 Å². The number of benzene rings is 2. The van der Waals surface area contributed by atoms with Crippen molar-refractivity contribution in [3.63, 3.8) is 0 Å². The van der Waals surface area contributed by atoms with E-state index in [0.29, 0.717) is 17.9 Å². The maximum atomic E-state index is 12.6. The molecule has 3 nitrogen and oxygen atoms in total. The van der Waals surface area contributed by atoms with Crippen LogP contribution >= 0.6 is 0 Å². The van der Waals surface area contributed by atoms with Gasteiger partial charge in [0.1, 0.15) is 12.4 Å². The van der Waals surface area contributed by atoms with Crippen LogP contribution in [0.25, 0.3) is 0 Å². The lowest BCUT2D eigenvalue weighted by Crippen LogP contribution is -2.25. The molecule has 1 N–H and O–H groups in total. The molecular formula is C30H45NO2. The molecule has 2 rings (SSSR count). The fraction of sp³-hybridized carbons (Fsp3) is 0.567. The molecular weight excluding hydrogens is 406 g/mol. The molecule has 0 atom stereocenters. The summed E-state index contributed by atoms with van der Waals surface area (Å²) in [6.07, 6.45) is 18.8. The minimum Gasteiger partial charge on any atom is -0.488 e. The van der Waals surface area contributed by atoms with E-state index in [4.69, 9.17) is 4.74 Å². The molecule has 0 unspecified atom stereocenters. The van der Waals surface area contributed by atoms with Gasteiger partial charge in [0, 0.05) is 6.54 Å². The number of para-hydroxylation sites is 1. The molecule has 0 fully saturated rings. The van der Waals surface area contributed by atoms with Crippen LogP contribution in [0.1, 0.15) is 113 Å². The predicted molar refractivity (Wildman–Crippen MR) is 140 cm³/mol. The second kappa shape index (κ2) is 18.2. The Morgan fingerprint density at radius 3 is 1.79 bits per heavy atom. The number of amides is 1. The van der Waals surface area contributed by atoms with E-state index in [-0.39, 0.29) is 5.91 Å². The van der Waals surface area contributed by atoms with Crippen LogP contribution < -0.4 is 10.1 Å². The van der Waals surface area contributed by atoms with Crippen LogP contribution in [0.4, 0.5) is 0 Å². The molecule has 0 saturated heterocycles. The quantitative estimate of drug-likeness (QED) is 0.217. The number of rotatable bonds is 19. The van der Waals surface area contributed by atoms with Gasteiger partial charge in [0.15, 0.2) is 0 Å². The average Bonchev–Trinajstić information content (AvgIpc) is 2.86. The molecule has 1 amide bonds. The Hall–Kier alpha value is -2.29. The summed E-state index contributed by atoms with van der Waals surface area (Å²) < 4.78 is 5.91. The zero-order valence-electron chi connectivity index (χ0n) is 20.8. The first kappa shape index (κ1) is 27.0. The van der Waals surface area contributed by atoms with Gasteiger partial charge in [-0.1, -0.05) is 133 Å². The topological polar surface area (TPSA) is 38.3 Å². The van der Waals surface area contributed by atoms with E-state index < -0.39 is 0 Å². The minimum absolute atomic E-state index is 0.0478. The van der Waals surface area contributed by atoms with Crippen molar-refractivity contribution in [2.75, 3.05) is 6.54 Å². The minimum atomic E-state index is -0.0478. The number of nitrogens with one attached hydrogen (secondary N) is 1. The number of unbranched alkanes of at least 4 members (excludes halogenated alkanes) is 13. The molecule has 0 bridgehead atoms. The van der Waals surface area contributed by atoms with Gasteiger partial charge < -0.3 is 10.1 Å².